The van der Waals surface area contributed by atoms with Gasteiger partial charge in [0.1, 0.15) is 42.0 Å². The van der Waals surface area contributed by atoms with Gasteiger partial charge >= 0.3 is 5.97 Å². The first-order chi connectivity index (χ1) is 27.6. The Balaban J connectivity index is 2.26. The molecule has 0 bridgehead atoms. The van der Waals surface area contributed by atoms with Gasteiger partial charge < -0.3 is 64.6 Å². The molecular weight excluding hydrogens is 770 g/mol. The van der Waals surface area contributed by atoms with Crippen LogP contribution in [0.3, 0.4) is 0 Å². The number of hydrogen-bond acceptors (Lipinski definition) is 11. The molecule has 21 heteroatoms. The first-order valence-electron chi connectivity index (χ1n) is 19.5. The minimum absolute atomic E-state index is 0.00902. The van der Waals surface area contributed by atoms with Crippen molar-refractivity contribution in [1.82, 2.24) is 31.5 Å². The first kappa shape index (κ1) is 49.2. The van der Waals surface area contributed by atoms with Gasteiger partial charge in [0.05, 0.1) is 6.04 Å². The number of amides is 7. The van der Waals surface area contributed by atoms with Gasteiger partial charge in [0.25, 0.3) is 0 Å². The lowest BCUT2D eigenvalue weighted by Gasteiger charge is -2.32. The van der Waals surface area contributed by atoms with E-state index in [1.54, 1.807) is 39.8 Å². The summed E-state index contributed by atoms with van der Waals surface area (Å²) in [4.78, 5) is 109. The highest BCUT2D eigenvalue weighted by atomic mass is 16.4. The van der Waals surface area contributed by atoms with E-state index < -0.39 is 102 Å². The van der Waals surface area contributed by atoms with Crippen molar-refractivity contribution in [2.45, 2.75) is 122 Å². The van der Waals surface area contributed by atoms with Crippen molar-refractivity contribution in [1.29, 1.82) is 0 Å². The molecule has 0 aliphatic carbocycles. The Morgan fingerprint density at radius 2 is 1.41 bits per heavy atom. The number of nitrogens with one attached hydrogen (secondary N) is 5. The third-order valence-corrected chi connectivity index (χ3v) is 9.51. The van der Waals surface area contributed by atoms with E-state index in [2.05, 4.69) is 31.6 Å². The van der Waals surface area contributed by atoms with E-state index in [-0.39, 0.29) is 62.8 Å². The maximum absolute atomic E-state index is 13.9. The molecule has 0 spiro atoms. The van der Waals surface area contributed by atoms with E-state index in [0.29, 0.717) is 12.0 Å². The van der Waals surface area contributed by atoms with Crippen LogP contribution in [0.4, 0.5) is 0 Å². The highest BCUT2D eigenvalue weighted by molar-refractivity contribution is 5.98. The zero-order valence-electron chi connectivity index (χ0n) is 34.2. The van der Waals surface area contributed by atoms with E-state index in [1.807, 2.05) is 0 Å². The average Bonchev–Trinajstić information content (AvgIpc) is 3.49. The maximum Gasteiger partial charge on any atom is 0.303 e. The maximum atomic E-state index is 13.9. The molecule has 328 valence electrons. The van der Waals surface area contributed by atoms with E-state index in [4.69, 9.17) is 22.9 Å². The lowest BCUT2D eigenvalue weighted by atomic mass is 9.99. The fraction of sp³-hybridized carbons (Fsp3) is 0.605. The molecule has 1 saturated heterocycles. The molecule has 1 aliphatic heterocycles. The van der Waals surface area contributed by atoms with E-state index in [9.17, 15) is 48.6 Å². The van der Waals surface area contributed by atoms with Crippen LogP contribution in [0.5, 0.6) is 5.75 Å². The largest absolute Gasteiger partial charge is 0.508 e. The number of nitrogens with two attached hydrogens (primary N) is 4. The second-order valence-electron chi connectivity index (χ2n) is 15.4. The Morgan fingerprint density at radius 3 is 1.97 bits per heavy atom. The minimum Gasteiger partial charge on any atom is -0.508 e. The Morgan fingerprint density at radius 1 is 0.814 bits per heavy atom. The van der Waals surface area contributed by atoms with Gasteiger partial charge in [-0.15, -0.1) is 0 Å². The zero-order valence-corrected chi connectivity index (χ0v) is 34.2. The number of likely N-dealkylation sites (tertiary alicyclic amines) is 1. The van der Waals surface area contributed by atoms with Gasteiger partial charge in [0.15, 0.2) is 5.96 Å². The van der Waals surface area contributed by atoms with Crippen molar-refractivity contribution in [3.63, 3.8) is 0 Å². The summed E-state index contributed by atoms with van der Waals surface area (Å²) in [5.41, 5.74) is 22.6. The summed E-state index contributed by atoms with van der Waals surface area (Å²) < 4.78 is 0. The van der Waals surface area contributed by atoms with Crippen LogP contribution in [0.1, 0.15) is 78.7 Å². The topological polar surface area (TPSA) is 357 Å². The summed E-state index contributed by atoms with van der Waals surface area (Å²) in [5.74, 6) is -7.08. The second-order valence-corrected chi connectivity index (χ2v) is 15.4. The summed E-state index contributed by atoms with van der Waals surface area (Å²) in [6, 6.07) is -2.16. The molecule has 0 saturated carbocycles. The number of phenolic OH excluding ortho intramolecular Hbond substituents is 1. The normalized spacial score (nSPS) is 16.8. The molecule has 7 amide bonds. The third kappa shape index (κ3) is 16.4. The molecule has 2 rings (SSSR count). The van der Waals surface area contributed by atoms with Crippen LogP contribution in [0.25, 0.3) is 0 Å². The average molecular weight is 832 g/mol. The van der Waals surface area contributed by atoms with Gasteiger partial charge in [-0.1, -0.05) is 39.8 Å². The molecule has 7 unspecified atom stereocenters. The SMILES string of the molecule is CC(C)CC(NC(=O)C(CCC(=O)O)NC(=O)C(C(C)C)N1CCC(NC(=O)C(Cc2ccc(O)cc2)NC(=O)C(N)CCCN=C(N)N)C1=O)C(=O)NC(C)C(N)=O. The van der Waals surface area contributed by atoms with Crippen molar-refractivity contribution in [2.24, 2.45) is 39.8 Å². The number of nitrogens with zero attached hydrogens (tertiary/aromatic N) is 2. The summed E-state index contributed by atoms with van der Waals surface area (Å²) in [6.45, 7) is 8.57. The van der Waals surface area contributed by atoms with Gasteiger partial charge in [-0.25, -0.2) is 0 Å². The van der Waals surface area contributed by atoms with Crippen molar-refractivity contribution in [3.8, 4) is 5.75 Å². The number of phenols is 1. The number of rotatable bonds is 24. The van der Waals surface area contributed by atoms with Gasteiger partial charge in [-0.3, -0.25) is 43.3 Å². The third-order valence-electron chi connectivity index (χ3n) is 9.51. The van der Waals surface area contributed by atoms with Crippen LogP contribution in [0.15, 0.2) is 29.3 Å². The van der Waals surface area contributed by atoms with Crippen LogP contribution in [-0.4, -0.2) is 124 Å². The number of carbonyl (C=O) groups excluding carboxylic acids is 7. The number of hydrogen-bond donors (Lipinski definition) is 11. The number of guanidine groups is 1. The highest BCUT2D eigenvalue weighted by Crippen LogP contribution is 2.21. The molecule has 15 N–H and O–H groups in total. The van der Waals surface area contributed by atoms with Crippen molar-refractivity contribution >= 4 is 53.3 Å². The number of carboxylic acids is 1. The van der Waals surface area contributed by atoms with Gasteiger partial charge in [0, 0.05) is 25.9 Å². The Bertz CT molecular complexity index is 1680. The van der Waals surface area contributed by atoms with Crippen molar-refractivity contribution in [3.05, 3.63) is 29.8 Å². The molecule has 1 aromatic rings. The standard InChI is InChI=1S/C38H61N11O10/c1-19(2)17-27(34(56)44-21(5)31(40)53)48-33(55)25(12-13-29(51)52)45-36(58)30(20(3)4)49-16-14-26(37(49)59)46-35(57)28(18-22-8-10-23(50)11-9-22)47-32(54)24(39)7-6-15-43-38(41)42/h8-11,19-21,24-28,30,50H,6-7,12-18,39H2,1-5H3,(H2,40,53)(H,44,56)(H,45,58)(H,46,57)(H,47,54)(H,48,55)(H,51,52)(H4,41,42,43). The number of aliphatic imine (C=N–C) groups is 1. The smallest absolute Gasteiger partial charge is 0.303 e. The van der Waals surface area contributed by atoms with Gasteiger partial charge in [-0.2, -0.15) is 0 Å². The molecule has 0 aromatic heterocycles. The molecule has 59 heavy (non-hydrogen) atoms. The van der Waals surface area contributed by atoms with Gasteiger partial charge in [-0.05, 0) is 68.6 Å². The predicted octanol–water partition coefficient (Wildman–Crippen LogP) is -2.59. The van der Waals surface area contributed by atoms with Gasteiger partial charge in [0.2, 0.25) is 41.4 Å². The molecule has 7 atom stereocenters. The van der Waals surface area contributed by atoms with Crippen LogP contribution < -0.4 is 49.5 Å². The van der Waals surface area contributed by atoms with Crippen molar-refractivity contribution < 1.29 is 48.6 Å². The molecule has 1 aliphatic rings. The summed E-state index contributed by atoms with van der Waals surface area (Å²) in [6.07, 6.45) is -0.0872. The summed E-state index contributed by atoms with van der Waals surface area (Å²) >= 11 is 0. The Labute approximate surface area is 343 Å². The number of benzene rings is 1. The quantitative estimate of drug-likeness (QED) is 0.0290. The van der Waals surface area contributed by atoms with Crippen LogP contribution in [0, 0.1) is 11.8 Å². The van der Waals surface area contributed by atoms with Crippen LogP contribution in [0.2, 0.25) is 0 Å². The van der Waals surface area contributed by atoms with Crippen molar-refractivity contribution in [2.75, 3.05) is 13.1 Å². The molecule has 21 nitrogen and oxygen atoms in total. The number of carbonyl (C=O) groups is 8. The molecule has 1 aromatic carbocycles. The predicted molar refractivity (Wildman–Crippen MR) is 215 cm³/mol. The highest BCUT2D eigenvalue weighted by Gasteiger charge is 2.42. The lowest BCUT2D eigenvalue weighted by Crippen LogP contribution is -2.59. The van der Waals surface area contributed by atoms with Crippen LogP contribution in [-0.2, 0) is 44.8 Å². The Kier molecular flexibility index (Phi) is 19.5. The molecular formula is C38H61N11O10. The molecule has 1 fully saturated rings. The number of aromatic hydroxyl groups is 1. The van der Waals surface area contributed by atoms with E-state index in [0.717, 1.165) is 0 Å². The zero-order chi connectivity index (χ0) is 44.6. The van der Waals surface area contributed by atoms with Crippen LogP contribution >= 0.6 is 0 Å². The fourth-order valence-corrected chi connectivity index (χ4v) is 6.35. The first-order valence-corrected chi connectivity index (χ1v) is 19.5. The fourth-order valence-electron chi connectivity index (χ4n) is 6.35. The number of carboxylic acid groups (broad SMARTS) is 1. The summed E-state index contributed by atoms with van der Waals surface area (Å²) in [5, 5.41) is 32.0. The number of primary amides is 1. The Hall–Kier alpha value is -5.99. The monoisotopic (exact) mass is 831 g/mol. The molecule has 0 radical (unpaired) electrons. The molecule has 1 heterocycles. The van der Waals surface area contributed by atoms with E-state index in [1.165, 1.54) is 24.0 Å². The number of aliphatic carboxylic acids is 1. The summed E-state index contributed by atoms with van der Waals surface area (Å²) in [7, 11) is 0. The second kappa shape index (κ2) is 23.4. The lowest BCUT2D eigenvalue weighted by molar-refractivity contribution is -0.142. The van der Waals surface area contributed by atoms with E-state index >= 15 is 0 Å². The minimum atomic E-state index is -1.44.